The van der Waals surface area contributed by atoms with E-state index >= 15 is 0 Å². The predicted molar refractivity (Wildman–Crippen MR) is 376 cm³/mol. The first-order valence-corrected chi connectivity index (χ1v) is 39.1. The van der Waals surface area contributed by atoms with Gasteiger partial charge in [-0.2, -0.15) is 0 Å². The van der Waals surface area contributed by atoms with Gasteiger partial charge in [-0.3, -0.25) is 19.2 Å². The van der Waals surface area contributed by atoms with Gasteiger partial charge < -0.3 is 254 Å². The summed E-state index contributed by atoms with van der Waals surface area (Å²) in [5.41, 5.74) is 0. The number of aliphatic hydroxyl groups is 28. The molecule has 0 aromatic carbocycles. The number of carbonyl (C=O) groups is 4. The Kier molecular flexibility index (Phi) is 36.4. The third-order valence-electron chi connectivity index (χ3n) is 22.5. The molecule has 10 aliphatic heterocycles. The first-order chi connectivity index (χ1) is 58.2. The Bertz CT molecular complexity index is 3310. The molecule has 1 unspecified atom stereocenters. The van der Waals surface area contributed by atoms with E-state index in [1.165, 1.54) is 0 Å². The van der Waals surface area contributed by atoms with Crippen molar-refractivity contribution >= 4 is 23.6 Å². The zero-order chi connectivity index (χ0) is 90.5. The van der Waals surface area contributed by atoms with E-state index in [1.807, 2.05) is 0 Å². The fourth-order valence-electron chi connectivity index (χ4n) is 15.9. The summed E-state index contributed by atoms with van der Waals surface area (Å²) in [5, 5.41) is 321. The van der Waals surface area contributed by atoms with Crippen molar-refractivity contribution in [2.75, 3.05) is 66.1 Å². The topological polar surface area (TPSA) is 858 Å². The van der Waals surface area contributed by atoms with E-state index in [0.29, 0.717) is 0 Å². The molecule has 0 bridgehead atoms. The Labute approximate surface area is 695 Å². The maximum Gasteiger partial charge on any atom is 0.217 e. The van der Waals surface area contributed by atoms with Gasteiger partial charge in [-0.05, 0) is 0 Å². The number of nitrogens with one attached hydrogen (secondary N) is 4. The van der Waals surface area contributed by atoms with Gasteiger partial charge in [0, 0.05) is 27.7 Å². The first kappa shape index (κ1) is 101. The zero-order valence-corrected chi connectivity index (χ0v) is 65.9. The summed E-state index contributed by atoms with van der Waals surface area (Å²) in [6.07, 6.45) is -96.4. The minimum Gasteiger partial charge on any atom is -0.394 e. The maximum absolute atomic E-state index is 13.2. The van der Waals surface area contributed by atoms with E-state index in [-0.39, 0.29) is 0 Å². The van der Waals surface area contributed by atoms with Crippen LogP contribution >= 0.6 is 0 Å². The fourth-order valence-corrected chi connectivity index (χ4v) is 15.9. The van der Waals surface area contributed by atoms with Crippen molar-refractivity contribution in [3.8, 4) is 0 Å². The minimum absolute atomic E-state index is 0.864. The molecule has 55 nitrogen and oxygen atoms in total. The molecule has 0 aliphatic carbocycles. The lowest BCUT2D eigenvalue weighted by Crippen LogP contribution is -2.71. The Hall–Kier alpha value is -4.00. The molecule has 10 fully saturated rings. The van der Waals surface area contributed by atoms with Crippen molar-refractivity contribution in [3.63, 3.8) is 0 Å². The predicted octanol–water partition coefficient (Wildman–Crippen LogP) is -22.2. The van der Waals surface area contributed by atoms with Crippen LogP contribution in [0.5, 0.6) is 0 Å². The van der Waals surface area contributed by atoms with Gasteiger partial charge in [0.15, 0.2) is 62.9 Å². The maximum atomic E-state index is 13.2. The lowest BCUT2D eigenvalue weighted by Gasteiger charge is -2.51. The zero-order valence-electron chi connectivity index (χ0n) is 65.9. The van der Waals surface area contributed by atoms with Crippen LogP contribution < -0.4 is 21.3 Å². The van der Waals surface area contributed by atoms with Crippen LogP contribution in [0.4, 0.5) is 0 Å². The molecule has 10 aliphatic rings. The number of rotatable bonds is 32. The summed E-state index contributed by atoms with van der Waals surface area (Å²) >= 11 is 0. The highest BCUT2D eigenvalue weighted by atomic mass is 16.8. The van der Waals surface area contributed by atoms with E-state index < -0.39 is 397 Å². The third-order valence-corrected chi connectivity index (χ3v) is 22.5. The van der Waals surface area contributed by atoms with Crippen LogP contribution in [0.25, 0.3) is 0 Å². The average molecular weight is 1800 g/mol. The Balaban J connectivity index is 0.919. The molecular weight excluding hydrogens is 1690 g/mol. The van der Waals surface area contributed by atoms with Gasteiger partial charge >= 0.3 is 0 Å². The fraction of sp³-hybridized carbons (Fsp3) is 0.941. The van der Waals surface area contributed by atoms with Crippen molar-refractivity contribution in [2.24, 2.45) is 0 Å². The van der Waals surface area contributed by atoms with Crippen LogP contribution in [0.3, 0.4) is 0 Å². The molecule has 0 aromatic rings. The molecule has 10 rings (SSSR count). The Morgan fingerprint density at radius 2 is 0.439 bits per heavy atom. The molecule has 10 heterocycles. The van der Waals surface area contributed by atoms with E-state index in [9.17, 15) is 162 Å². The summed E-state index contributed by atoms with van der Waals surface area (Å²) < 4.78 is 112. The Morgan fingerprint density at radius 3 is 0.772 bits per heavy atom. The monoisotopic (exact) mass is 1800 g/mol. The molecule has 50 atom stereocenters. The molecule has 10 saturated heterocycles. The normalized spacial score (nSPS) is 49.4. The van der Waals surface area contributed by atoms with Crippen molar-refractivity contribution < 1.29 is 252 Å². The molecule has 0 saturated carbocycles. The van der Waals surface area contributed by atoms with Crippen LogP contribution in [-0.4, -0.2) is 539 Å². The summed E-state index contributed by atoms with van der Waals surface area (Å²) in [6.45, 7) is -7.30. The first-order valence-electron chi connectivity index (χ1n) is 39.1. The average Bonchev–Trinajstić information content (AvgIpc) is 0.765. The second-order valence-electron chi connectivity index (χ2n) is 31.0. The molecule has 0 spiro atoms. The second-order valence-corrected chi connectivity index (χ2v) is 31.0. The van der Waals surface area contributed by atoms with E-state index in [1.54, 1.807) is 0 Å². The number of ether oxygens (including phenoxy) is 19. The Morgan fingerprint density at radius 1 is 0.211 bits per heavy atom. The molecule has 123 heavy (non-hydrogen) atoms. The van der Waals surface area contributed by atoms with Gasteiger partial charge in [0.2, 0.25) is 23.6 Å². The van der Waals surface area contributed by atoms with Crippen molar-refractivity contribution in [1.29, 1.82) is 0 Å². The quantitative estimate of drug-likeness (QED) is 0.0297. The minimum atomic E-state index is -2.54. The highest BCUT2D eigenvalue weighted by Crippen LogP contribution is 2.41. The highest BCUT2D eigenvalue weighted by molar-refractivity contribution is 5.74. The smallest absolute Gasteiger partial charge is 0.217 e. The van der Waals surface area contributed by atoms with Crippen molar-refractivity contribution in [2.45, 2.75) is 335 Å². The molecule has 0 radical (unpaired) electrons. The van der Waals surface area contributed by atoms with Crippen LogP contribution in [0.15, 0.2) is 0 Å². The van der Waals surface area contributed by atoms with Crippen LogP contribution in [0, 0.1) is 0 Å². The number of hydrogen-bond acceptors (Lipinski definition) is 51. The molecule has 4 amide bonds. The largest absolute Gasteiger partial charge is 0.394 e. The summed E-state index contributed by atoms with van der Waals surface area (Å²) in [7, 11) is 0. The summed E-state index contributed by atoms with van der Waals surface area (Å²) in [6, 6.07) is -7.61. The van der Waals surface area contributed by atoms with Gasteiger partial charge in [-0.1, -0.05) is 0 Å². The van der Waals surface area contributed by atoms with E-state index in [0.717, 1.165) is 27.7 Å². The van der Waals surface area contributed by atoms with E-state index in [2.05, 4.69) is 21.3 Å². The summed E-state index contributed by atoms with van der Waals surface area (Å²) in [4.78, 5) is 51.2. The standard InChI is InChI=1S/C68H114N4O51/c1-15(82)69-29-39(92)51(24(10-78)106-59(29)104)118-66-50(103)56(38(91)28(115-66)14-105-67-57(45(98)35(88)21(7-75)110-67)122-61-31(71-17(3)84)41(94)53(26(12-80)113-61)117-64-48(101)44(97)34(87)20(6-74)108-64)121-68-58(46(99)36(89)22(8-76)111-68)123-62-32(72-18(4)85)42(95)54(27(13-81)114-62)119-65-49(102)55(37(90)23(9-77)109-65)120-60-30(70-16(2)83)40(93)52(25(11-79)112-60)116-63-47(100)43(96)33(86)19(5-73)107-63/h19-68,73-81,86-104H,5-14H2,1-4H3,(H,69,82)(H,70,83)(H,71,84)(H,72,85)/t19-,20-,21-,22-,23-,24-,25-,26-,27-,28-,29-,30-,31-,32-,33+,34+,35-,36-,37+,38-,39-,40-,41-,42-,43+,44+,45+,46+,47-,48-,49-,50+,51-,52-,53-,54-,55+,56+,57+,58+,59?,60+,61+,62+,63+,64+,65+,66+,67+,68-/m1/s1. The van der Waals surface area contributed by atoms with E-state index in [4.69, 9.17) is 90.0 Å². The number of hydrogen-bond donors (Lipinski definition) is 32. The van der Waals surface area contributed by atoms with Gasteiger partial charge in [0.1, 0.15) is 244 Å². The molecule has 55 heteroatoms. The number of amides is 4. The van der Waals surface area contributed by atoms with Crippen LogP contribution in [0.2, 0.25) is 0 Å². The van der Waals surface area contributed by atoms with Gasteiger partial charge in [-0.15, -0.1) is 0 Å². The molecular formula is C68H114N4O51. The van der Waals surface area contributed by atoms with Crippen molar-refractivity contribution in [1.82, 2.24) is 21.3 Å². The van der Waals surface area contributed by atoms with Gasteiger partial charge in [0.25, 0.3) is 0 Å². The lowest BCUT2D eigenvalue weighted by atomic mass is 9.94. The lowest BCUT2D eigenvalue weighted by molar-refractivity contribution is -0.399. The van der Waals surface area contributed by atoms with Gasteiger partial charge in [-0.25, -0.2) is 0 Å². The molecule has 712 valence electrons. The number of carbonyl (C=O) groups excluding carboxylic acids is 4. The third kappa shape index (κ3) is 22.3. The molecule has 32 N–H and O–H groups in total. The van der Waals surface area contributed by atoms with Crippen molar-refractivity contribution in [3.05, 3.63) is 0 Å². The van der Waals surface area contributed by atoms with Crippen LogP contribution in [0.1, 0.15) is 27.7 Å². The SMILES string of the molecule is CC(=O)N[C@H]1[C@H](O[C@H]2[C@@H](O)[C@@H](CO)O[C@@H](O[C@H]3[C@H](O)[C@@H](NC(C)=O)[C@H](O[C@@H]4[C@@H](O[C@@H]5[C@H](O)[C@H](O[C@H]6[C@H](O)[C@@H](NC(C)=O)C(O)O[C@@H]6CO)O[C@H](CO[C@H]6O[C@H](CO)[C@@H](O)[C@H](O)[C@@H]6O[C@@H]6O[C@H](CO)[C@@H](O[C@@H]7O[C@H](CO)[C@H](O)[C@H](O)[C@H]7O)[C@H](O)[C@H]6NC(C)=O)[C@H]5O)O[C@H](CO)[C@@H](O)[C@@H]4O)O[C@@H]3CO)[C@@H]2O)O[C@H](CO)[C@@H](O[C@@H]2O[C@H](CO)[C@H](O)[C@H](O)[C@H]2O)[C@@H]1O. The van der Waals surface area contributed by atoms with Gasteiger partial charge in [0.05, 0.1) is 66.1 Å². The summed E-state index contributed by atoms with van der Waals surface area (Å²) in [5.74, 6) is -3.73. The second kappa shape index (κ2) is 44.3. The molecule has 0 aromatic heterocycles. The highest BCUT2D eigenvalue weighted by Gasteiger charge is 2.62. The number of aliphatic hydroxyl groups excluding tert-OH is 28. The van der Waals surface area contributed by atoms with Crippen LogP contribution in [-0.2, 0) is 109 Å².